The quantitative estimate of drug-likeness (QED) is 0.671. The number of rotatable bonds is 3. The van der Waals surface area contributed by atoms with E-state index in [1.165, 1.54) is 18.6 Å². The van der Waals surface area contributed by atoms with Crippen LogP contribution in [0.3, 0.4) is 0 Å². The highest BCUT2D eigenvalue weighted by Crippen LogP contribution is 2.26. The molecule has 1 N–H and O–H groups in total. The molecule has 1 saturated carbocycles. The smallest absolute Gasteiger partial charge is 0.203 e. The predicted molar refractivity (Wildman–Crippen MR) is 95.1 cm³/mol. The molecule has 3 nitrogen and oxygen atoms in total. The molecule has 0 unspecified atom stereocenters. The lowest BCUT2D eigenvalue weighted by Crippen LogP contribution is -1.95. The first-order chi connectivity index (χ1) is 9.31. The average molecular weight is 417 g/mol. The van der Waals surface area contributed by atoms with E-state index in [1.54, 1.807) is 11.3 Å². The minimum Gasteiger partial charge on any atom is -0.253 e. The number of halogens is 2. The van der Waals surface area contributed by atoms with Crippen molar-refractivity contribution >= 4 is 55.1 Å². The van der Waals surface area contributed by atoms with E-state index in [0.717, 1.165) is 33.7 Å². The number of thiazole rings is 1. The summed E-state index contributed by atoms with van der Waals surface area (Å²) in [6.07, 6.45) is 4.78. The van der Waals surface area contributed by atoms with E-state index in [0.29, 0.717) is 0 Å². The number of hydrogen-bond acceptors (Lipinski definition) is 4. The Morgan fingerprint density at radius 1 is 1.15 bits per heavy atom. The van der Waals surface area contributed by atoms with Gasteiger partial charge in [-0.1, -0.05) is 28.1 Å². The molecule has 1 aromatic carbocycles. The molecule has 106 valence electrons. The van der Waals surface area contributed by atoms with Gasteiger partial charge in [-0.05, 0) is 37.8 Å². The van der Waals surface area contributed by atoms with E-state index >= 15 is 0 Å². The molecule has 2 aromatic rings. The predicted octanol–water partition coefficient (Wildman–Crippen LogP) is 5.49. The Morgan fingerprint density at radius 2 is 1.85 bits per heavy atom. The van der Waals surface area contributed by atoms with Gasteiger partial charge in [-0.15, -0.1) is 28.3 Å². The lowest BCUT2D eigenvalue weighted by atomic mass is 10.2. The first kappa shape index (κ1) is 15.7. The van der Waals surface area contributed by atoms with Crippen molar-refractivity contribution in [1.82, 2.24) is 4.98 Å². The molecule has 1 aromatic heterocycles. The van der Waals surface area contributed by atoms with Crippen molar-refractivity contribution < 1.29 is 0 Å². The molecule has 20 heavy (non-hydrogen) atoms. The molecular formula is C14H15Br2N3S. The topological polar surface area (TPSA) is 37.3 Å². The Bertz CT molecular complexity index is 585. The summed E-state index contributed by atoms with van der Waals surface area (Å²) < 4.78 is 1.08. The standard InChI is InChI=1S/C14H14BrN3S.BrH/c15-11-7-5-10(6-8-11)13-9-19-14(16-13)18-17-12-3-1-2-4-12;/h5-9H,1-4H2,(H,16,18);1H. The molecule has 0 atom stereocenters. The maximum atomic E-state index is 4.56. The van der Waals surface area contributed by atoms with Crippen LogP contribution in [-0.4, -0.2) is 10.7 Å². The zero-order chi connectivity index (χ0) is 13.1. The fraction of sp³-hybridized carbons (Fsp3) is 0.286. The Kier molecular flexibility index (Phi) is 5.74. The first-order valence-electron chi connectivity index (χ1n) is 6.34. The van der Waals surface area contributed by atoms with Crippen molar-refractivity contribution in [3.63, 3.8) is 0 Å². The normalized spacial score (nSPS) is 13.9. The van der Waals surface area contributed by atoms with Crippen LogP contribution in [0.2, 0.25) is 0 Å². The number of anilines is 1. The van der Waals surface area contributed by atoms with Crippen LogP contribution in [0.1, 0.15) is 25.7 Å². The summed E-state index contributed by atoms with van der Waals surface area (Å²) in [7, 11) is 0. The fourth-order valence-corrected chi connectivity index (χ4v) is 3.03. The van der Waals surface area contributed by atoms with Crippen molar-refractivity contribution in [2.75, 3.05) is 5.43 Å². The van der Waals surface area contributed by atoms with Gasteiger partial charge in [0.15, 0.2) is 0 Å². The Balaban J connectivity index is 0.00000147. The molecular weight excluding hydrogens is 402 g/mol. The fourth-order valence-electron chi connectivity index (χ4n) is 2.10. The number of hydrogen-bond donors (Lipinski definition) is 1. The van der Waals surface area contributed by atoms with Crippen LogP contribution in [0.5, 0.6) is 0 Å². The molecule has 0 aliphatic heterocycles. The van der Waals surface area contributed by atoms with E-state index in [-0.39, 0.29) is 17.0 Å². The van der Waals surface area contributed by atoms with Gasteiger partial charge in [0, 0.05) is 21.1 Å². The summed E-state index contributed by atoms with van der Waals surface area (Å²) in [6, 6.07) is 8.18. The SMILES string of the molecule is Br.Brc1ccc(-c2csc(NN=C3CCCC3)n2)cc1. The van der Waals surface area contributed by atoms with Gasteiger partial charge in [0.1, 0.15) is 0 Å². The lowest BCUT2D eigenvalue weighted by Gasteiger charge is -1.98. The molecule has 6 heteroatoms. The second-order valence-electron chi connectivity index (χ2n) is 4.54. The van der Waals surface area contributed by atoms with Gasteiger partial charge in [-0.25, -0.2) is 4.98 Å². The van der Waals surface area contributed by atoms with Gasteiger partial charge in [0.25, 0.3) is 0 Å². The van der Waals surface area contributed by atoms with Crippen LogP contribution in [-0.2, 0) is 0 Å². The minimum atomic E-state index is 0. The number of aromatic nitrogens is 1. The van der Waals surface area contributed by atoms with Crippen molar-refractivity contribution in [1.29, 1.82) is 0 Å². The average Bonchev–Trinajstić information content (AvgIpc) is 3.09. The summed E-state index contributed by atoms with van der Waals surface area (Å²) in [5.41, 5.74) is 6.46. The maximum Gasteiger partial charge on any atom is 0.203 e. The summed E-state index contributed by atoms with van der Waals surface area (Å²) in [5, 5.41) is 7.34. The van der Waals surface area contributed by atoms with Gasteiger partial charge in [-0.3, -0.25) is 5.43 Å². The molecule has 1 aliphatic carbocycles. The zero-order valence-electron chi connectivity index (χ0n) is 10.8. The molecule has 0 spiro atoms. The number of nitrogens with one attached hydrogen (secondary N) is 1. The third-order valence-electron chi connectivity index (χ3n) is 3.13. The number of hydrazone groups is 1. The van der Waals surface area contributed by atoms with Crippen molar-refractivity contribution in [3.8, 4) is 11.3 Å². The highest BCUT2D eigenvalue weighted by molar-refractivity contribution is 9.10. The van der Waals surface area contributed by atoms with Crippen LogP contribution in [0.15, 0.2) is 39.2 Å². The largest absolute Gasteiger partial charge is 0.253 e. The lowest BCUT2D eigenvalue weighted by molar-refractivity contribution is 0.886. The second-order valence-corrected chi connectivity index (χ2v) is 6.32. The maximum absolute atomic E-state index is 4.56. The van der Waals surface area contributed by atoms with Crippen molar-refractivity contribution in [2.24, 2.45) is 5.10 Å². The monoisotopic (exact) mass is 415 g/mol. The Hall–Kier alpha value is -0.720. The molecule has 0 bridgehead atoms. The number of nitrogens with zero attached hydrogens (tertiary/aromatic N) is 2. The van der Waals surface area contributed by atoms with Crippen molar-refractivity contribution in [2.45, 2.75) is 25.7 Å². The summed E-state index contributed by atoms with van der Waals surface area (Å²) >= 11 is 5.03. The van der Waals surface area contributed by atoms with E-state index in [4.69, 9.17) is 0 Å². The summed E-state index contributed by atoms with van der Waals surface area (Å²) in [6.45, 7) is 0. The molecule has 0 radical (unpaired) electrons. The van der Waals surface area contributed by atoms with Crippen molar-refractivity contribution in [3.05, 3.63) is 34.1 Å². The van der Waals surface area contributed by atoms with Gasteiger partial charge in [-0.2, -0.15) is 5.10 Å². The first-order valence-corrected chi connectivity index (χ1v) is 8.01. The second kappa shape index (κ2) is 7.33. The van der Waals surface area contributed by atoms with Crippen LogP contribution >= 0.6 is 44.2 Å². The van der Waals surface area contributed by atoms with Gasteiger partial charge in [0.05, 0.1) is 5.69 Å². The van der Waals surface area contributed by atoms with Gasteiger partial charge < -0.3 is 0 Å². The minimum absolute atomic E-state index is 0. The Morgan fingerprint density at radius 3 is 2.55 bits per heavy atom. The van der Waals surface area contributed by atoms with E-state index in [1.807, 2.05) is 12.1 Å². The summed E-state index contributed by atoms with van der Waals surface area (Å²) in [4.78, 5) is 4.56. The van der Waals surface area contributed by atoms with Crippen LogP contribution in [0.4, 0.5) is 5.13 Å². The third-order valence-corrected chi connectivity index (χ3v) is 4.41. The molecule has 0 saturated heterocycles. The zero-order valence-corrected chi connectivity index (χ0v) is 14.9. The molecule has 0 amide bonds. The molecule has 3 rings (SSSR count). The summed E-state index contributed by atoms with van der Waals surface area (Å²) in [5.74, 6) is 0. The molecule has 1 fully saturated rings. The highest BCUT2D eigenvalue weighted by atomic mass is 79.9. The Labute approximate surface area is 141 Å². The highest BCUT2D eigenvalue weighted by Gasteiger charge is 2.08. The molecule has 1 aliphatic rings. The van der Waals surface area contributed by atoms with Gasteiger partial charge >= 0.3 is 0 Å². The van der Waals surface area contributed by atoms with Crippen LogP contribution in [0, 0.1) is 0 Å². The van der Waals surface area contributed by atoms with Crippen LogP contribution < -0.4 is 5.43 Å². The molecule has 1 heterocycles. The number of benzene rings is 1. The van der Waals surface area contributed by atoms with E-state index in [2.05, 4.69) is 49.0 Å². The van der Waals surface area contributed by atoms with E-state index < -0.39 is 0 Å². The van der Waals surface area contributed by atoms with Gasteiger partial charge in [0.2, 0.25) is 5.13 Å². The van der Waals surface area contributed by atoms with E-state index in [9.17, 15) is 0 Å². The third kappa shape index (κ3) is 3.90. The van der Waals surface area contributed by atoms with Crippen LogP contribution in [0.25, 0.3) is 11.3 Å².